The van der Waals surface area contributed by atoms with Crippen molar-refractivity contribution in [2.24, 2.45) is 0 Å². The van der Waals surface area contributed by atoms with Gasteiger partial charge in [-0.2, -0.15) is 0 Å². The molecule has 28 heavy (non-hydrogen) atoms. The second-order valence-corrected chi connectivity index (χ2v) is 7.46. The summed E-state index contributed by atoms with van der Waals surface area (Å²) in [5.74, 6) is -0.0833. The molecule has 0 saturated heterocycles. The lowest BCUT2D eigenvalue weighted by molar-refractivity contribution is 0.0955. The number of carbonyl (C=O) groups excluding carboxylic acids is 1. The monoisotopic (exact) mass is 433 g/mol. The van der Waals surface area contributed by atoms with E-state index in [4.69, 9.17) is 0 Å². The van der Waals surface area contributed by atoms with Crippen molar-refractivity contribution >= 4 is 44.1 Å². The van der Waals surface area contributed by atoms with Crippen LogP contribution in [0.15, 0.2) is 83.5 Å². The highest BCUT2D eigenvalue weighted by Crippen LogP contribution is 2.23. The minimum atomic E-state index is -0.0833. The van der Waals surface area contributed by atoms with Crippen LogP contribution in [0.2, 0.25) is 0 Å². The number of amides is 1. The number of nitrogens with one attached hydrogen (secondary N) is 3. The molecule has 0 bridgehead atoms. The number of halogens is 1. The molecule has 3 N–H and O–H groups in total. The Morgan fingerprint density at radius 2 is 1.68 bits per heavy atom. The van der Waals surface area contributed by atoms with E-state index in [1.54, 1.807) is 0 Å². The highest BCUT2D eigenvalue weighted by Gasteiger charge is 2.11. The number of rotatable bonds is 6. The van der Waals surface area contributed by atoms with E-state index in [1.165, 1.54) is 10.9 Å². The lowest BCUT2D eigenvalue weighted by Gasteiger charge is -2.12. The van der Waals surface area contributed by atoms with E-state index < -0.39 is 0 Å². The minimum absolute atomic E-state index is 0.0833. The Balaban J connectivity index is 1.42. The first-order valence-corrected chi connectivity index (χ1v) is 9.95. The fourth-order valence-electron chi connectivity index (χ4n) is 3.22. The van der Waals surface area contributed by atoms with Gasteiger partial charge in [0.1, 0.15) is 0 Å². The number of hydrogen-bond donors (Lipinski definition) is 3. The first kappa shape index (κ1) is 18.3. The van der Waals surface area contributed by atoms with Gasteiger partial charge in [-0.05, 0) is 54.4 Å². The Bertz CT molecular complexity index is 1100. The van der Waals surface area contributed by atoms with Crippen LogP contribution in [0.25, 0.3) is 10.9 Å². The molecule has 4 nitrogen and oxygen atoms in total. The summed E-state index contributed by atoms with van der Waals surface area (Å²) in [5.41, 5.74) is 4.67. The summed E-state index contributed by atoms with van der Waals surface area (Å²) < 4.78 is 1.02. The van der Waals surface area contributed by atoms with E-state index in [2.05, 4.69) is 43.7 Å². The molecule has 0 spiro atoms. The molecule has 1 amide bonds. The fourth-order valence-corrected chi connectivity index (χ4v) is 3.49. The summed E-state index contributed by atoms with van der Waals surface area (Å²) in [5, 5.41) is 7.56. The number of aromatic amines is 1. The Hall–Kier alpha value is -3.05. The third-order valence-electron chi connectivity index (χ3n) is 4.65. The van der Waals surface area contributed by atoms with Gasteiger partial charge in [-0.15, -0.1) is 0 Å². The Morgan fingerprint density at radius 1 is 0.929 bits per heavy atom. The average molecular weight is 434 g/mol. The highest BCUT2D eigenvalue weighted by molar-refractivity contribution is 9.10. The van der Waals surface area contributed by atoms with E-state index in [0.717, 1.165) is 27.8 Å². The highest BCUT2D eigenvalue weighted by atomic mass is 79.9. The molecule has 0 aliphatic carbocycles. The number of para-hydroxylation sites is 2. The van der Waals surface area contributed by atoms with Crippen LogP contribution in [0.1, 0.15) is 15.9 Å². The Morgan fingerprint density at radius 3 is 2.54 bits per heavy atom. The first-order chi connectivity index (χ1) is 13.7. The van der Waals surface area contributed by atoms with Gasteiger partial charge in [0.25, 0.3) is 5.91 Å². The molecule has 0 fully saturated rings. The second-order valence-electron chi connectivity index (χ2n) is 6.54. The van der Waals surface area contributed by atoms with Crippen molar-refractivity contribution in [2.75, 3.05) is 11.9 Å². The number of fused-ring (bicyclic) bond motifs is 1. The average Bonchev–Trinajstić information content (AvgIpc) is 3.13. The summed E-state index contributed by atoms with van der Waals surface area (Å²) in [4.78, 5) is 16.0. The van der Waals surface area contributed by atoms with Crippen molar-refractivity contribution in [3.8, 4) is 0 Å². The number of benzene rings is 3. The van der Waals surface area contributed by atoms with Crippen molar-refractivity contribution in [3.05, 3.63) is 94.6 Å². The molecular formula is C23H20BrN3O. The predicted octanol–water partition coefficient (Wildman–Crippen LogP) is 5.65. The maximum Gasteiger partial charge on any atom is 0.253 e. The molecule has 0 unspecified atom stereocenters. The van der Waals surface area contributed by atoms with Gasteiger partial charge in [-0.25, -0.2) is 0 Å². The van der Waals surface area contributed by atoms with E-state index in [9.17, 15) is 4.79 Å². The van der Waals surface area contributed by atoms with Crippen molar-refractivity contribution in [3.63, 3.8) is 0 Å². The van der Waals surface area contributed by atoms with Crippen molar-refractivity contribution in [2.45, 2.75) is 6.42 Å². The minimum Gasteiger partial charge on any atom is -0.361 e. The zero-order valence-electron chi connectivity index (χ0n) is 15.2. The summed E-state index contributed by atoms with van der Waals surface area (Å²) in [6.45, 7) is 0.577. The molecule has 0 saturated carbocycles. The first-order valence-electron chi connectivity index (χ1n) is 9.15. The number of anilines is 2. The third-order valence-corrected chi connectivity index (χ3v) is 5.18. The van der Waals surface area contributed by atoms with Gasteiger partial charge in [0.15, 0.2) is 0 Å². The van der Waals surface area contributed by atoms with Gasteiger partial charge in [-0.1, -0.05) is 46.3 Å². The van der Waals surface area contributed by atoms with E-state index in [0.29, 0.717) is 12.1 Å². The van der Waals surface area contributed by atoms with Crippen LogP contribution in [-0.2, 0) is 6.42 Å². The van der Waals surface area contributed by atoms with E-state index >= 15 is 0 Å². The Kier molecular flexibility index (Phi) is 5.44. The quantitative estimate of drug-likeness (QED) is 0.368. The molecule has 140 valence electrons. The van der Waals surface area contributed by atoms with Gasteiger partial charge in [-0.3, -0.25) is 4.79 Å². The number of hydrogen-bond acceptors (Lipinski definition) is 2. The fraction of sp³-hybridized carbons (Fsp3) is 0.0870. The molecule has 4 rings (SSSR count). The van der Waals surface area contributed by atoms with Gasteiger partial charge in [0.05, 0.1) is 11.3 Å². The van der Waals surface area contributed by atoms with Crippen LogP contribution in [0.3, 0.4) is 0 Å². The molecular weight excluding hydrogens is 414 g/mol. The lowest BCUT2D eigenvalue weighted by Crippen LogP contribution is -2.26. The smallest absolute Gasteiger partial charge is 0.253 e. The van der Waals surface area contributed by atoms with Crippen LogP contribution in [0.5, 0.6) is 0 Å². The molecule has 0 aliphatic rings. The molecule has 5 heteroatoms. The SMILES string of the molecule is O=C(NCCc1c[nH]c2ccccc12)c1ccccc1Nc1ccc(Br)cc1. The lowest BCUT2D eigenvalue weighted by atomic mass is 10.1. The third kappa shape index (κ3) is 4.10. The van der Waals surface area contributed by atoms with Gasteiger partial charge in [0, 0.05) is 33.8 Å². The van der Waals surface area contributed by atoms with Crippen LogP contribution in [-0.4, -0.2) is 17.4 Å². The van der Waals surface area contributed by atoms with Crippen LogP contribution >= 0.6 is 15.9 Å². The van der Waals surface area contributed by atoms with Gasteiger partial charge >= 0.3 is 0 Å². The predicted molar refractivity (Wildman–Crippen MR) is 118 cm³/mol. The number of H-pyrrole nitrogens is 1. The standard InChI is InChI=1S/C23H20BrN3O/c24-17-9-11-18(12-10-17)27-22-8-4-2-6-20(22)23(28)25-14-13-16-15-26-21-7-3-1-5-19(16)21/h1-12,15,26-27H,13-14H2,(H,25,28). The molecule has 3 aromatic carbocycles. The maximum atomic E-state index is 12.7. The summed E-state index contributed by atoms with van der Waals surface area (Å²) >= 11 is 3.43. The Labute approximate surface area is 172 Å². The molecule has 1 heterocycles. The number of aromatic nitrogens is 1. The van der Waals surface area contributed by atoms with Gasteiger partial charge in [0.2, 0.25) is 0 Å². The molecule has 0 aliphatic heterocycles. The van der Waals surface area contributed by atoms with Crippen molar-refractivity contribution in [1.29, 1.82) is 0 Å². The maximum absolute atomic E-state index is 12.7. The molecule has 0 radical (unpaired) electrons. The van der Waals surface area contributed by atoms with E-state index in [-0.39, 0.29) is 5.91 Å². The molecule has 4 aromatic rings. The molecule has 1 aromatic heterocycles. The van der Waals surface area contributed by atoms with Crippen LogP contribution in [0, 0.1) is 0 Å². The van der Waals surface area contributed by atoms with Gasteiger partial charge < -0.3 is 15.6 Å². The van der Waals surface area contributed by atoms with Crippen molar-refractivity contribution in [1.82, 2.24) is 10.3 Å². The topological polar surface area (TPSA) is 56.9 Å². The summed E-state index contributed by atoms with van der Waals surface area (Å²) in [6.07, 6.45) is 2.79. The summed E-state index contributed by atoms with van der Waals surface area (Å²) in [7, 11) is 0. The van der Waals surface area contributed by atoms with Crippen LogP contribution in [0.4, 0.5) is 11.4 Å². The largest absolute Gasteiger partial charge is 0.361 e. The zero-order chi connectivity index (χ0) is 19.3. The van der Waals surface area contributed by atoms with E-state index in [1.807, 2.05) is 66.9 Å². The zero-order valence-corrected chi connectivity index (χ0v) is 16.8. The second kappa shape index (κ2) is 8.31. The normalized spacial score (nSPS) is 10.8. The molecule has 0 atom stereocenters. The van der Waals surface area contributed by atoms with Crippen LogP contribution < -0.4 is 10.6 Å². The van der Waals surface area contributed by atoms with Crippen molar-refractivity contribution < 1.29 is 4.79 Å². The number of carbonyl (C=O) groups is 1. The summed E-state index contributed by atoms with van der Waals surface area (Å²) in [6, 6.07) is 23.6.